The van der Waals surface area contributed by atoms with E-state index in [4.69, 9.17) is 14.7 Å². The minimum atomic E-state index is -1.19. The van der Waals surface area contributed by atoms with Gasteiger partial charge in [0.1, 0.15) is 34.8 Å². The summed E-state index contributed by atoms with van der Waals surface area (Å²) in [5.41, 5.74) is 2.55. The van der Waals surface area contributed by atoms with Gasteiger partial charge in [0.15, 0.2) is 0 Å². The Morgan fingerprint density at radius 2 is 1.93 bits per heavy atom. The number of nitrogens with zero attached hydrogens (tertiary/aromatic N) is 7. The first-order valence-electron chi connectivity index (χ1n) is 12.8. The maximum absolute atomic E-state index is 15.5. The number of benzene rings is 2. The van der Waals surface area contributed by atoms with Crippen molar-refractivity contribution in [1.82, 2.24) is 29.4 Å². The lowest BCUT2D eigenvalue weighted by atomic mass is 9.99. The van der Waals surface area contributed by atoms with E-state index in [9.17, 15) is 0 Å². The molecule has 1 aliphatic heterocycles. The Hall–Kier alpha value is -4.69. The van der Waals surface area contributed by atoms with Crippen LogP contribution < -0.4 is 9.47 Å². The van der Waals surface area contributed by atoms with Gasteiger partial charge >= 0.3 is 6.01 Å². The van der Waals surface area contributed by atoms with Crippen molar-refractivity contribution >= 4 is 21.9 Å². The fourth-order valence-corrected chi connectivity index (χ4v) is 5.42. The largest absolute Gasteiger partial charge is 0.496 e. The molecule has 1 saturated heterocycles. The number of fused-ring (bicyclic) bond motifs is 3. The van der Waals surface area contributed by atoms with Crippen LogP contribution in [0.4, 0.5) is 8.78 Å². The van der Waals surface area contributed by atoms with E-state index >= 15 is 8.78 Å². The fourth-order valence-electron chi connectivity index (χ4n) is 5.42. The van der Waals surface area contributed by atoms with Crippen LogP contribution in [-0.4, -0.2) is 62.3 Å². The third-order valence-corrected chi connectivity index (χ3v) is 7.21. The Bertz CT molecular complexity index is 1750. The summed E-state index contributed by atoms with van der Waals surface area (Å²) in [6.07, 6.45) is 4.06. The van der Waals surface area contributed by atoms with E-state index in [1.165, 1.54) is 13.2 Å². The molecule has 0 aliphatic carbocycles. The number of rotatable bonds is 6. The summed E-state index contributed by atoms with van der Waals surface area (Å²) < 4.78 is 44.2. The van der Waals surface area contributed by atoms with Crippen molar-refractivity contribution in [2.75, 3.05) is 26.7 Å². The fraction of sp³-hybridized carbons (Fsp3) is 0.276. The molecule has 0 unspecified atom stereocenters. The zero-order chi connectivity index (χ0) is 27.8. The molecule has 5 aromatic rings. The van der Waals surface area contributed by atoms with Gasteiger partial charge in [0.05, 0.1) is 43.0 Å². The number of nitriles is 1. The number of pyridine rings is 1. The molecular formula is C29H25F2N7O2. The Morgan fingerprint density at radius 3 is 2.67 bits per heavy atom. The lowest BCUT2D eigenvalue weighted by molar-refractivity contribution is 0.0996. The van der Waals surface area contributed by atoms with Crippen LogP contribution >= 0.6 is 0 Å². The Balaban J connectivity index is 1.45. The van der Waals surface area contributed by atoms with E-state index in [-0.39, 0.29) is 19.1 Å². The van der Waals surface area contributed by atoms with E-state index < -0.39 is 18.0 Å². The van der Waals surface area contributed by atoms with Crippen LogP contribution in [0.15, 0.2) is 55.0 Å². The summed E-state index contributed by atoms with van der Waals surface area (Å²) in [5, 5.41) is 9.69. The van der Waals surface area contributed by atoms with Crippen molar-refractivity contribution in [3.05, 3.63) is 66.6 Å². The van der Waals surface area contributed by atoms with Crippen LogP contribution in [-0.2, 0) is 0 Å². The predicted molar refractivity (Wildman–Crippen MR) is 144 cm³/mol. The number of likely N-dealkylation sites (tertiary alicyclic amines) is 1. The van der Waals surface area contributed by atoms with Gasteiger partial charge in [0, 0.05) is 54.1 Å². The summed E-state index contributed by atoms with van der Waals surface area (Å²) in [7, 11) is 1.50. The molecule has 1 fully saturated rings. The van der Waals surface area contributed by atoms with Crippen LogP contribution in [0.5, 0.6) is 17.5 Å². The molecule has 0 spiro atoms. The van der Waals surface area contributed by atoms with Crippen LogP contribution in [0.3, 0.4) is 0 Å². The first-order valence-corrected chi connectivity index (χ1v) is 12.8. The zero-order valence-electron chi connectivity index (χ0n) is 21.9. The number of ether oxygens (including phenoxy) is 2. The smallest absolute Gasteiger partial charge is 0.321 e. The average molecular weight is 542 g/mol. The molecule has 11 heteroatoms. The van der Waals surface area contributed by atoms with Crippen molar-refractivity contribution in [3.63, 3.8) is 0 Å². The number of alkyl halides is 1. The maximum atomic E-state index is 15.5. The molecule has 6 rings (SSSR count). The third-order valence-electron chi connectivity index (χ3n) is 7.21. The summed E-state index contributed by atoms with van der Waals surface area (Å²) in [6, 6.07) is 11.6. The third kappa shape index (κ3) is 4.56. The first-order chi connectivity index (χ1) is 19.5. The maximum Gasteiger partial charge on any atom is 0.321 e. The molecule has 3 aromatic heterocycles. The summed E-state index contributed by atoms with van der Waals surface area (Å²) in [4.78, 5) is 19.0. The molecule has 202 valence electrons. The molecule has 0 saturated carbocycles. The highest BCUT2D eigenvalue weighted by Gasteiger charge is 2.33. The van der Waals surface area contributed by atoms with Gasteiger partial charge in [-0.1, -0.05) is 0 Å². The van der Waals surface area contributed by atoms with E-state index in [1.807, 2.05) is 16.4 Å². The molecule has 2 aromatic carbocycles. The normalized spacial score (nSPS) is 17.7. The molecule has 0 bridgehead atoms. The van der Waals surface area contributed by atoms with Gasteiger partial charge in [-0.3, -0.25) is 9.88 Å². The quantitative estimate of drug-likeness (QED) is 0.264. The van der Waals surface area contributed by atoms with Crippen LogP contribution in [0.25, 0.3) is 33.1 Å². The number of halogens is 2. The van der Waals surface area contributed by atoms with Crippen molar-refractivity contribution in [3.8, 4) is 34.7 Å². The number of methoxy groups -OCH3 is 1. The van der Waals surface area contributed by atoms with Gasteiger partial charge < -0.3 is 14.0 Å². The molecule has 40 heavy (non-hydrogen) atoms. The number of hydrogen-bond donors (Lipinski definition) is 0. The predicted octanol–water partition coefficient (Wildman–Crippen LogP) is 5.40. The molecule has 4 heterocycles. The topological polar surface area (TPSA) is 102 Å². The second-order valence-electron chi connectivity index (χ2n) is 9.63. The second-order valence-corrected chi connectivity index (χ2v) is 9.63. The Labute approximate surface area is 228 Å². The minimum absolute atomic E-state index is 0.167. The van der Waals surface area contributed by atoms with Gasteiger partial charge in [-0.25, -0.2) is 23.7 Å². The van der Waals surface area contributed by atoms with Gasteiger partial charge in [0.25, 0.3) is 0 Å². The van der Waals surface area contributed by atoms with Crippen molar-refractivity contribution in [2.45, 2.75) is 25.6 Å². The highest BCUT2D eigenvalue weighted by atomic mass is 19.1. The van der Waals surface area contributed by atoms with Gasteiger partial charge in [0.2, 0.25) is 0 Å². The Kier molecular flexibility index (Phi) is 6.69. The van der Waals surface area contributed by atoms with Gasteiger partial charge in [-0.15, -0.1) is 0 Å². The summed E-state index contributed by atoms with van der Waals surface area (Å²) in [6.45, 7) is 2.79. The van der Waals surface area contributed by atoms with Crippen molar-refractivity contribution < 1.29 is 18.3 Å². The molecular weight excluding hydrogens is 516 g/mol. The molecule has 0 radical (unpaired) electrons. The monoisotopic (exact) mass is 541 g/mol. The number of imidazole rings is 1. The second kappa shape index (κ2) is 10.5. The SMILES string of the molecule is COc1cc(Oc2ncccn2)ccc1-c1cc2c(cc1F)ncc1nc(C)n([C@H]3CCN(CC#N)C[C@@H]3F)c12. The van der Waals surface area contributed by atoms with Crippen LogP contribution in [0.2, 0.25) is 0 Å². The van der Waals surface area contributed by atoms with E-state index in [0.29, 0.717) is 63.4 Å². The zero-order valence-corrected chi connectivity index (χ0v) is 21.9. The summed E-state index contributed by atoms with van der Waals surface area (Å²) in [5.74, 6) is 1.00. The number of piperidine rings is 1. The molecule has 0 amide bonds. The van der Waals surface area contributed by atoms with Crippen molar-refractivity contribution in [1.29, 1.82) is 5.26 Å². The number of aryl methyl sites for hydroxylation is 1. The molecule has 0 N–H and O–H groups in total. The molecule has 9 nitrogen and oxygen atoms in total. The highest BCUT2D eigenvalue weighted by molar-refractivity contribution is 6.04. The standard InChI is InChI=1S/C29H25F2N7O2/c1-17-36-25-15-35-24-14-22(30)20(19-5-4-18(12-27(19)39-2)40-29-33-8-3-9-34-29)13-21(24)28(25)38(17)26-6-10-37(11-7-32)16-23(26)31/h3-5,8-9,12-15,23,26H,6,10-11,16H2,1-2H3/t23-,26-/m0/s1. The molecule has 1 aliphatic rings. The van der Waals surface area contributed by atoms with Crippen LogP contribution in [0.1, 0.15) is 18.3 Å². The van der Waals surface area contributed by atoms with E-state index in [2.05, 4.69) is 26.0 Å². The summed E-state index contributed by atoms with van der Waals surface area (Å²) >= 11 is 0. The number of aromatic nitrogens is 5. The van der Waals surface area contributed by atoms with Crippen LogP contribution in [0, 0.1) is 24.1 Å². The average Bonchev–Trinajstić information content (AvgIpc) is 3.29. The van der Waals surface area contributed by atoms with E-state index in [1.54, 1.807) is 48.9 Å². The lowest BCUT2D eigenvalue weighted by Crippen LogP contribution is -2.43. The van der Waals surface area contributed by atoms with E-state index in [0.717, 1.165) is 0 Å². The highest BCUT2D eigenvalue weighted by Crippen LogP contribution is 2.39. The van der Waals surface area contributed by atoms with Gasteiger partial charge in [-0.05, 0) is 37.6 Å². The first kappa shape index (κ1) is 25.6. The molecule has 2 atom stereocenters. The Morgan fingerprint density at radius 1 is 1.10 bits per heavy atom. The lowest BCUT2D eigenvalue weighted by Gasteiger charge is -2.35. The number of hydrogen-bond acceptors (Lipinski definition) is 8. The van der Waals surface area contributed by atoms with Gasteiger partial charge in [-0.2, -0.15) is 5.26 Å². The minimum Gasteiger partial charge on any atom is -0.496 e. The van der Waals surface area contributed by atoms with Crippen molar-refractivity contribution in [2.24, 2.45) is 0 Å².